The molecule has 34 heavy (non-hydrogen) atoms. The quantitative estimate of drug-likeness (QED) is 0.337. The van der Waals surface area contributed by atoms with E-state index in [4.69, 9.17) is 4.74 Å². The van der Waals surface area contributed by atoms with E-state index >= 15 is 0 Å². The fraction of sp³-hybridized carbons (Fsp3) is 0.318. The molecule has 3 aromatic rings. The summed E-state index contributed by atoms with van der Waals surface area (Å²) in [5.74, 6) is -0.477. The molecule has 2 aromatic heterocycles. The average molecular weight is 496 g/mol. The van der Waals surface area contributed by atoms with E-state index in [1.165, 1.54) is 25.4 Å². The number of rotatable bonds is 10. The fourth-order valence-corrected chi connectivity index (χ4v) is 3.89. The first-order valence-electron chi connectivity index (χ1n) is 10.2. The van der Waals surface area contributed by atoms with E-state index in [9.17, 15) is 23.1 Å². The second-order valence-corrected chi connectivity index (χ2v) is 8.67. The highest BCUT2D eigenvalue weighted by atomic mass is 32.1. The molecular weight excluding hydrogens is 471 g/mol. The topological polar surface area (TPSA) is 99.6 Å². The number of alkyl halides is 3. The molecule has 12 heteroatoms. The molecule has 0 saturated carbocycles. The van der Waals surface area contributed by atoms with Crippen molar-refractivity contribution in [2.75, 3.05) is 44.9 Å². The summed E-state index contributed by atoms with van der Waals surface area (Å²) in [6.45, 7) is 1.42. The zero-order valence-electron chi connectivity index (χ0n) is 18.7. The molecule has 0 unspecified atom stereocenters. The zero-order chi connectivity index (χ0) is 24.9. The molecule has 0 aliphatic carbocycles. The van der Waals surface area contributed by atoms with Gasteiger partial charge in [-0.3, -0.25) is 0 Å². The predicted octanol–water partition coefficient (Wildman–Crippen LogP) is 5.04. The van der Waals surface area contributed by atoms with Crippen molar-refractivity contribution in [3.8, 4) is 16.2 Å². The molecule has 0 radical (unpaired) electrons. The van der Waals surface area contributed by atoms with Gasteiger partial charge in [-0.25, -0.2) is 9.78 Å². The molecule has 0 spiro atoms. The Kier molecular flexibility index (Phi) is 7.94. The number of aromatic nitrogens is 2. The number of halogens is 3. The van der Waals surface area contributed by atoms with Crippen LogP contribution in [0.15, 0.2) is 36.5 Å². The van der Waals surface area contributed by atoms with E-state index in [-0.39, 0.29) is 22.3 Å². The number of thiophene rings is 1. The van der Waals surface area contributed by atoms with Gasteiger partial charge in [-0.2, -0.15) is 18.2 Å². The van der Waals surface area contributed by atoms with Gasteiger partial charge >= 0.3 is 12.1 Å². The van der Waals surface area contributed by atoms with Gasteiger partial charge in [-0.15, -0.1) is 11.3 Å². The van der Waals surface area contributed by atoms with E-state index in [2.05, 4.69) is 20.6 Å². The molecule has 1 aromatic carbocycles. The maximum atomic E-state index is 13.2. The largest absolute Gasteiger partial charge is 0.497 e. The standard InChI is InChI=1S/C22H24F3N5O3S/c1-30(2)8-4-7-26-19-16(17-5-6-18(34-17)20(31)32)12-27-21(29-19)28-14-9-13(22(23,24)25)10-15(11-14)33-3/h5-6,9-12H,4,7-8H2,1-3H3,(H,31,32)(H2,26,27,28,29). The smallest absolute Gasteiger partial charge is 0.416 e. The van der Waals surface area contributed by atoms with E-state index in [0.717, 1.165) is 36.4 Å². The van der Waals surface area contributed by atoms with Gasteiger partial charge in [0.2, 0.25) is 5.95 Å². The molecule has 182 valence electrons. The van der Waals surface area contributed by atoms with Crippen LogP contribution in [0, 0.1) is 0 Å². The molecule has 0 fully saturated rings. The fourth-order valence-electron chi connectivity index (χ4n) is 3.04. The molecule has 3 rings (SSSR count). The number of carboxylic acid groups (broad SMARTS) is 1. The van der Waals surface area contributed by atoms with Gasteiger partial charge in [-0.05, 0) is 51.3 Å². The number of anilines is 3. The minimum absolute atomic E-state index is 0.0377. The lowest BCUT2D eigenvalue weighted by Gasteiger charge is -2.15. The first-order valence-corrected chi connectivity index (χ1v) is 11.0. The molecule has 8 nitrogen and oxygen atoms in total. The van der Waals surface area contributed by atoms with Gasteiger partial charge in [0.1, 0.15) is 16.4 Å². The Morgan fingerprint density at radius 2 is 2.00 bits per heavy atom. The van der Waals surface area contributed by atoms with Crippen molar-refractivity contribution in [2.24, 2.45) is 0 Å². The summed E-state index contributed by atoms with van der Waals surface area (Å²) in [7, 11) is 5.20. The minimum atomic E-state index is -4.55. The van der Waals surface area contributed by atoms with Crippen molar-refractivity contribution in [1.29, 1.82) is 0 Å². The van der Waals surface area contributed by atoms with Crippen molar-refractivity contribution >= 4 is 34.8 Å². The van der Waals surface area contributed by atoms with Crippen LogP contribution in [-0.2, 0) is 6.18 Å². The number of carbonyl (C=O) groups is 1. The molecule has 0 aliphatic rings. The van der Waals surface area contributed by atoms with Crippen molar-refractivity contribution in [3.05, 3.63) is 47.0 Å². The molecule has 3 N–H and O–H groups in total. The molecule has 2 heterocycles. The van der Waals surface area contributed by atoms with E-state index in [1.54, 1.807) is 6.07 Å². The SMILES string of the molecule is COc1cc(Nc2ncc(-c3ccc(C(=O)O)s3)c(NCCCN(C)C)n2)cc(C(F)(F)F)c1. The monoisotopic (exact) mass is 495 g/mol. The first-order chi connectivity index (χ1) is 16.1. The summed E-state index contributed by atoms with van der Waals surface area (Å²) < 4.78 is 44.7. The highest BCUT2D eigenvalue weighted by molar-refractivity contribution is 7.17. The van der Waals surface area contributed by atoms with Gasteiger partial charge in [0.05, 0.1) is 18.2 Å². The van der Waals surface area contributed by atoms with Crippen LogP contribution in [0.5, 0.6) is 5.75 Å². The Balaban J connectivity index is 1.92. The Morgan fingerprint density at radius 3 is 2.62 bits per heavy atom. The summed E-state index contributed by atoms with van der Waals surface area (Å²) in [5, 5.41) is 15.3. The number of benzene rings is 1. The summed E-state index contributed by atoms with van der Waals surface area (Å²) in [4.78, 5) is 22.8. The van der Waals surface area contributed by atoms with Crippen LogP contribution in [0.2, 0.25) is 0 Å². The number of methoxy groups -OCH3 is 1. The van der Waals surface area contributed by atoms with Crippen LogP contribution in [0.3, 0.4) is 0 Å². The number of nitrogens with zero attached hydrogens (tertiary/aromatic N) is 3. The number of hydrogen-bond acceptors (Lipinski definition) is 8. The summed E-state index contributed by atoms with van der Waals surface area (Å²) >= 11 is 1.08. The Labute approximate surface area is 198 Å². The lowest BCUT2D eigenvalue weighted by atomic mass is 10.2. The Hall–Kier alpha value is -3.38. The summed E-state index contributed by atoms with van der Waals surface area (Å²) in [5.41, 5.74) is -0.162. The van der Waals surface area contributed by atoms with Crippen LogP contribution >= 0.6 is 11.3 Å². The third kappa shape index (κ3) is 6.58. The van der Waals surface area contributed by atoms with Crippen LogP contribution in [-0.4, -0.2) is 60.2 Å². The Morgan fingerprint density at radius 1 is 1.24 bits per heavy atom. The molecule has 0 aliphatic heterocycles. The number of hydrogen-bond donors (Lipinski definition) is 3. The first kappa shape index (κ1) is 25.2. The summed E-state index contributed by atoms with van der Waals surface area (Å²) in [6.07, 6.45) is -2.23. The van der Waals surface area contributed by atoms with Gasteiger partial charge < -0.3 is 25.4 Å². The van der Waals surface area contributed by atoms with Crippen LogP contribution in [0.25, 0.3) is 10.4 Å². The zero-order valence-corrected chi connectivity index (χ0v) is 19.5. The van der Waals surface area contributed by atoms with Crippen molar-refractivity contribution in [2.45, 2.75) is 12.6 Å². The van der Waals surface area contributed by atoms with Crippen LogP contribution < -0.4 is 15.4 Å². The molecule has 0 atom stereocenters. The third-order valence-corrected chi connectivity index (χ3v) is 5.78. The molecule has 0 bridgehead atoms. The van der Waals surface area contributed by atoms with Gasteiger partial charge in [0.15, 0.2) is 0 Å². The van der Waals surface area contributed by atoms with Gasteiger partial charge in [0, 0.05) is 29.4 Å². The highest BCUT2D eigenvalue weighted by Gasteiger charge is 2.31. The average Bonchev–Trinajstić information content (AvgIpc) is 3.26. The van der Waals surface area contributed by atoms with E-state index < -0.39 is 17.7 Å². The predicted molar refractivity (Wildman–Crippen MR) is 125 cm³/mol. The van der Waals surface area contributed by atoms with Crippen molar-refractivity contribution in [3.63, 3.8) is 0 Å². The molecular formula is C22H24F3N5O3S. The van der Waals surface area contributed by atoms with Gasteiger partial charge in [0.25, 0.3) is 0 Å². The van der Waals surface area contributed by atoms with Crippen molar-refractivity contribution < 1.29 is 27.8 Å². The summed E-state index contributed by atoms with van der Waals surface area (Å²) in [6, 6.07) is 6.43. The number of aromatic carboxylic acids is 1. The molecule has 0 amide bonds. The maximum Gasteiger partial charge on any atom is 0.416 e. The highest BCUT2D eigenvalue weighted by Crippen LogP contribution is 2.36. The van der Waals surface area contributed by atoms with Crippen LogP contribution in [0.4, 0.5) is 30.6 Å². The number of carboxylic acids is 1. The maximum absolute atomic E-state index is 13.2. The molecule has 0 saturated heterocycles. The van der Waals surface area contributed by atoms with Gasteiger partial charge in [-0.1, -0.05) is 0 Å². The van der Waals surface area contributed by atoms with E-state index in [1.807, 2.05) is 19.0 Å². The lowest BCUT2D eigenvalue weighted by molar-refractivity contribution is -0.137. The second kappa shape index (κ2) is 10.7. The minimum Gasteiger partial charge on any atom is -0.497 e. The normalized spacial score (nSPS) is 11.5. The second-order valence-electron chi connectivity index (χ2n) is 7.58. The van der Waals surface area contributed by atoms with Crippen molar-refractivity contribution in [1.82, 2.24) is 14.9 Å². The van der Waals surface area contributed by atoms with E-state index in [0.29, 0.717) is 22.8 Å². The lowest BCUT2D eigenvalue weighted by Crippen LogP contribution is -2.17. The Bertz CT molecular complexity index is 1150. The number of nitrogens with one attached hydrogen (secondary N) is 2. The van der Waals surface area contributed by atoms with Crippen LogP contribution in [0.1, 0.15) is 21.7 Å². The third-order valence-electron chi connectivity index (χ3n) is 4.67. The number of ether oxygens (including phenoxy) is 1.